The summed E-state index contributed by atoms with van der Waals surface area (Å²) in [6.07, 6.45) is 1.24. The molecular weight excluding hydrogens is 302 g/mol. The van der Waals surface area contributed by atoms with Crippen molar-refractivity contribution in [1.29, 1.82) is 0 Å². The molecule has 4 rings (SSSR count). The number of hydrogen-bond acceptors (Lipinski definition) is 3. The van der Waals surface area contributed by atoms with Crippen LogP contribution in [0.25, 0.3) is 10.8 Å². The Labute approximate surface area is 141 Å². The van der Waals surface area contributed by atoms with Gasteiger partial charge in [0.2, 0.25) is 11.8 Å². The van der Waals surface area contributed by atoms with Crippen LogP contribution in [0.15, 0.2) is 42.5 Å². The van der Waals surface area contributed by atoms with Gasteiger partial charge in [-0.3, -0.25) is 9.59 Å². The molecule has 0 saturated carbocycles. The summed E-state index contributed by atoms with van der Waals surface area (Å²) < 4.78 is 0. The second kappa shape index (κ2) is 6.24. The molecule has 2 N–H and O–H groups in total. The van der Waals surface area contributed by atoms with Gasteiger partial charge in [-0.25, -0.2) is 0 Å². The lowest BCUT2D eigenvalue weighted by Gasteiger charge is -2.19. The highest BCUT2D eigenvalue weighted by atomic mass is 16.2. The maximum absolute atomic E-state index is 12.5. The van der Waals surface area contributed by atoms with Crippen molar-refractivity contribution < 1.29 is 9.59 Å². The van der Waals surface area contributed by atoms with Crippen molar-refractivity contribution in [3.8, 4) is 0 Å². The Balaban J connectivity index is 1.54. The summed E-state index contributed by atoms with van der Waals surface area (Å²) in [5, 5.41) is 8.46. The Morgan fingerprint density at radius 1 is 1.17 bits per heavy atom. The van der Waals surface area contributed by atoms with Crippen LogP contribution in [0, 0.1) is 5.92 Å². The molecule has 0 spiro atoms. The average Bonchev–Trinajstić information content (AvgIpc) is 3.24. The summed E-state index contributed by atoms with van der Waals surface area (Å²) in [5.41, 5.74) is 0.899. The van der Waals surface area contributed by atoms with Gasteiger partial charge in [0.05, 0.1) is 11.6 Å². The fourth-order valence-corrected chi connectivity index (χ4v) is 3.66. The summed E-state index contributed by atoms with van der Waals surface area (Å²) >= 11 is 0. The molecule has 2 heterocycles. The van der Waals surface area contributed by atoms with Crippen molar-refractivity contribution in [2.75, 3.05) is 24.5 Å². The van der Waals surface area contributed by atoms with E-state index in [0.29, 0.717) is 6.54 Å². The normalized spacial score (nSPS) is 23.8. The van der Waals surface area contributed by atoms with E-state index in [1.165, 1.54) is 0 Å². The van der Waals surface area contributed by atoms with Gasteiger partial charge in [-0.05, 0) is 24.4 Å². The van der Waals surface area contributed by atoms with Crippen molar-refractivity contribution in [3.05, 3.63) is 42.5 Å². The van der Waals surface area contributed by atoms with Crippen molar-refractivity contribution in [2.24, 2.45) is 5.92 Å². The minimum absolute atomic E-state index is 0.000198. The number of fused-ring (bicyclic) bond motifs is 1. The molecule has 5 nitrogen and oxygen atoms in total. The Kier molecular flexibility index (Phi) is 3.94. The SMILES string of the molecule is O=C(NC1CCNC1)C1CC(=O)N(c2cccc3ccccc23)C1. The lowest BCUT2D eigenvalue weighted by atomic mass is 10.1. The molecule has 0 aliphatic carbocycles. The molecule has 2 fully saturated rings. The first-order valence-electron chi connectivity index (χ1n) is 8.51. The number of nitrogens with one attached hydrogen (secondary N) is 2. The number of benzene rings is 2. The van der Waals surface area contributed by atoms with Crippen LogP contribution in [0.1, 0.15) is 12.8 Å². The third-order valence-electron chi connectivity index (χ3n) is 4.96. The molecule has 5 heteroatoms. The van der Waals surface area contributed by atoms with Crippen molar-refractivity contribution in [3.63, 3.8) is 0 Å². The first-order valence-corrected chi connectivity index (χ1v) is 8.51. The highest BCUT2D eigenvalue weighted by molar-refractivity contribution is 6.07. The summed E-state index contributed by atoms with van der Waals surface area (Å²) in [7, 11) is 0. The molecule has 2 aromatic carbocycles. The summed E-state index contributed by atoms with van der Waals surface area (Å²) in [6.45, 7) is 2.22. The molecule has 24 heavy (non-hydrogen) atoms. The van der Waals surface area contributed by atoms with E-state index in [9.17, 15) is 9.59 Å². The predicted molar refractivity (Wildman–Crippen MR) is 93.8 cm³/mol. The van der Waals surface area contributed by atoms with Gasteiger partial charge in [-0.15, -0.1) is 0 Å². The van der Waals surface area contributed by atoms with Crippen LogP contribution in [0.2, 0.25) is 0 Å². The van der Waals surface area contributed by atoms with E-state index in [1.54, 1.807) is 4.90 Å². The van der Waals surface area contributed by atoms with Gasteiger partial charge < -0.3 is 15.5 Å². The van der Waals surface area contributed by atoms with Crippen LogP contribution < -0.4 is 15.5 Å². The van der Waals surface area contributed by atoms with Crippen LogP contribution >= 0.6 is 0 Å². The van der Waals surface area contributed by atoms with Crippen molar-refractivity contribution in [1.82, 2.24) is 10.6 Å². The first kappa shape index (κ1) is 15.1. The number of carbonyl (C=O) groups is 2. The standard InChI is InChI=1S/C19H21N3O2/c23-18-10-14(19(24)21-15-8-9-20-11-15)12-22(18)17-7-3-5-13-4-1-2-6-16(13)17/h1-7,14-15,20H,8-12H2,(H,21,24). The Morgan fingerprint density at radius 2 is 2.00 bits per heavy atom. The number of rotatable bonds is 3. The molecule has 2 aliphatic rings. The van der Waals surface area contributed by atoms with Crippen molar-refractivity contribution >= 4 is 28.3 Å². The summed E-state index contributed by atoms with van der Waals surface area (Å²) in [5.74, 6) is -0.243. The number of anilines is 1. The van der Waals surface area contributed by atoms with Gasteiger partial charge >= 0.3 is 0 Å². The fourth-order valence-electron chi connectivity index (χ4n) is 3.66. The Bertz CT molecular complexity index is 778. The van der Waals surface area contributed by atoms with E-state index in [0.717, 1.165) is 36.0 Å². The number of carbonyl (C=O) groups excluding carboxylic acids is 2. The van der Waals surface area contributed by atoms with Crippen LogP contribution in [-0.2, 0) is 9.59 Å². The van der Waals surface area contributed by atoms with E-state index >= 15 is 0 Å². The lowest BCUT2D eigenvalue weighted by molar-refractivity contribution is -0.126. The quantitative estimate of drug-likeness (QED) is 0.903. The fraction of sp³-hybridized carbons (Fsp3) is 0.368. The minimum Gasteiger partial charge on any atom is -0.352 e. The summed E-state index contributed by atoms with van der Waals surface area (Å²) in [6, 6.07) is 14.2. The molecular formula is C19H21N3O2. The summed E-state index contributed by atoms with van der Waals surface area (Å²) in [4.78, 5) is 26.7. The van der Waals surface area contributed by atoms with Gasteiger partial charge in [0.1, 0.15) is 0 Å². The van der Waals surface area contributed by atoms with Crippen LogP contribution in [-0.4, -0.2) is 37.5 Å². The largest absolute Gasteiger partial charge is 0.352 e. The topological polar surface area (TPSA) is 61.4 Å². The van der Waals surface area contributed by atoms with Crippen molar-refractivity contribution in [2.45, 2.75) is 18.9 Å². The Hall–Kier alpha value is -2.40. The molecule has 2 atom stereocenters. The third kappa shape index (κ3) is 2.76. The second-order valence-corrected chi connectivity index (χ2v) is 6.60. The maximum Gasteiger partial charge on any atom is 0.227 e. The van der Waals surface area contributed by atoms with E-state index in [-0.39, 0.29) is 30.2 Å². The molecule has 0 bridgehead atoms. The average molecular weight is 323 g/mol. The highest BCUT2D eigenvalue weighted by Gasteiger charge is 2.36. The third-order valence-corrected chi connectivity index (χ3v) is 4.96. The number of hydrogen-bond donors (Lipinski definition) is 2. The predicted octanol–water partition coefficient (Wildman–Crippen LogP) is 1.67. The van der Waals surface area contributed by atoms with Gasteiger partial charge in [-0.2, -0.15) is 0 Å². The van der Waals surface area contributed by atoms with E-state index in [4.69, 9.17) is 0 Å². The zero-order valence-corrected chi connectivity index (χ0v) is 13.5. The number of amides is 2. The van der Waals surface area contributed by atoms with Crippen LogP contribution in [0.3, 0.4) is 0 Å². The molecule has 2 aliphatic heterocycles. The first-order chi connectivity index (χ1) is 11.7. The zero-order valence-electron chi connectivity index (χ0n) is 13.5. The molecule has 2 unspecified atom stereocenters. The second-order valence-electron chi connectivity index (χ2n) is 6.60. The van der Waals surface area contributed by atoms with E-state index in [1.807, 2.05) is 42.5 Å². The van der Waals surface area contributed by atoms with Gasteiger partial charge in [0.25, 0.3) is 0 Å². The smallest absolute Gasteiger partial charge is 0.227 e. The molecule has 2 aromatic rings. The van der Waals surface area contributed by atoms with Crippen LogP contribution in [0.5, 0.6) is 0 Å². The molecule has 124 valence electrons. The van der Waals surface area contributed by atoms with E-state index < -0.39 is 0 Å². The monoisotopic (exact) mass is 323 g/mol. The molecule has 0 radical (unpaired) electrons. The van der Waals surface area contributed by atoms with Gasteiger partial charge in [-0.1, -0.05) is 36.4 Å². The van der Waals surface area contributed by atoms with Crippen LogP contribution in [0.4, 0.5) is 5.69 Å². The number of nitrogens with zero attached hydrogens (tertiary/aromatic N) is 1. The molecule has 2 saturated heterocycles. The molecule has 2 amide bonds. The van der Waals surface area contributed by atoms with Gasteiger partial charge in [0, 0.05) is 30.9 Å². The Morgan fingerprint density at radius 3 is 2.83 bits per heavy atom. The van der Waals surface area contributed by atoms with Gasteiger partial charge in [0.15, 0.2) is 0 Å². The zero-order chi connectivity index (χ0) is 16.5. The maximum atomic E-state index is 12.5. The minimum atomic E-state index is -0.267. The molecule has 0 aromatic heterocycles. The highest BCUT2D eigenvalue weighted by Crippen LogP contribution is 2.31. The van der Waals surface area contributed by atoms with E-state index in [2.05, 4.69) is 10.6 Å². The lowest BCUT2D eigenvalue weighted by Crippen LogP contribution is -2.40.